The van der Waals surface area contributed by atoms with Gasteiger partial charge in [-0.05, 0) is 18.2 Å². The highest BCUT2D eigenvalue weighted by molar-refractivity contribution is 5.78. The Labute approximate surface area is 75.5 Å². The summed E-state index contributed by atoms with van der Waals surface area (Å²) in [5, 5.41) is 9.60. The largest absolute Gasteiger partial charge is 0.491 e. The fraction of sp³-hybridized carbons (Fsp3) is 0.200. The van der Waals surface area contributed by atoms with Crippen LogP contribution in [0.4, 0.5) is 0 Å². The fourth-order valence-electron chi connectivity index (χ4n) is 1.19. The van der Waals surface area contributed by atoms with Crippen molar-refractivity contribution in [3.8, 4) is 5.75 Å². The molecule has 0 bridgehead atoms. The molecule has 0 aliphatic carbocycles. The van der Waals surface area contributed by atoms with Gasteiger partial charge in [-0.2, -0.15) is 0 Å². The third kappa shape index (κ3) is 1.65. The monoisotopic (exact) mass is 178 g/mol. The first-order valence-electron chi connectivity index (χ1n) is 4.11. The van der Waals surface area contributed by atoms with E-state index < -0.39 is 0 Å². The van der Waals surface area contributed by atoms with E-state index >= 15 is 0 Å². The van der Waals surface area contributed by atoms with Gasteiger partial charge in [-0.1, -0.05) is 0 Å². The van der Waals surface area contributed by atoms with E-state index in [1.807, 2.05) is 24.3 Å². The first kappa shape index (κ1) is 8.13. The van der Waals surface area contributed by atoms with E-state index in [2.05, 4.69) is 0 Å². The van der Waals surface area contributed by atoms with E-state index in [1.54, 1.807) is 6.26 Å². The van der Waals surface area contributed by atoms with Gasteiger partial charge in [0, 0.05) is 11.5 Å². The summed E-state index contributed by atoms with van der Waals surface area (Å²) < 4.78 is 10.4. The molecule has 0 radical (unpaired) electrons. The molecular formula is C10H10O3. The summed E-state index contributed by atoms with van der Waals surface area (Å²) in [5.74, 6) is 0.719. The fourth-order valence-corrected chi connectivity index (χ4v) is 1.19. The van der Waals surface area contributed by atoms with E-state index in [0.29, 0.717) is 6.61 Å². The minimum Gasteiger partial charge on any atom is -0.491 e. The molecule has 68 valence electrons. The van der Waals surface area contributed by atoms with Crippen LogP contribution in [0.5, 0.6) is 5.75 Å². The van der Waals surface area contributed by atoms with Gasteiger partial charge < -0.3 is 14.3 Å². The Morgan fingerprint density at radius 3 is 3.08 bits per heavy atom. The van der Waals surface area contributed by atoms with E-state index in [9.17, 15) is 0 Å². The van der Waals surface area contributed by atoms with Crippen molar-refractivity contribution in [1.29, 1.82) is 0 Å². The number of benzene rings is 1. The lowest BCUT2D eigenvalue weighted by Crippen LogP contribution is -2.00. The quantitative estimate of drug-likeness (QED) is 0.779. The Kier molecular flexibility index (Phi) is 2.19. The van der Waals surface area contributed by atoms with Crippen molar-refractivity contribution in [2.24, 2.45) is 0 Å². The number of aliphatic hydroxyl groups is 1. The highest BCUT2D eigenvalue weighted by atomic mass is 16.5. The van der Waals surface area contributed by atoms with Gasteiger partial charge >= 0.3 is 0 Å². The van der Waals surface area contributed by atoms with E-state index in [-0.39, 0.29) is 6.61 Å². The Morgan fingerprint density at radius 2 is 2.23 bits per heavy atom. The first-order chi connectivity index (χ1) is 6.40. The van der Waals surface area contributed by atoms with Gasteiger partial charge in [0.05, 0.1) is 12.9 Å². The smallest absolute Gasteiger partial charge is 0.137 e. The van der Waals surface area contributed by atoms with Gasteiger partial charge in [0.1, 0.15) is 17.9 Å². The predicted octanol–water partition coefficient (Wildman–Crippen LogP) is 1.80. The van der Waals surface area contributed by atoms with Gasteiger partial charge in [-0.25, -0.2) is 0 Å². The molecule has 0 unspecified atom stereocenters. The molecule has 0 amide bonds. The van der Waals surface area contributed by atoms with Crippen molar-refractivity contribution in [3.05, 3.63) is 30.5 Å². The third-order valence-electron chi connectivity index (χ3n) is 1.79. The molecule has 1 aromatic heterocycles. The van der Waals surface area contributed by atoms with E-state index in [0.717, 1.165) is 16.7 Å². The number of hydrogen-bond donors (Lipinski definition) is 1. The van der Waals surface area contributed by atoms with Crippen LogP contribution in [0.15, 0.2) is 34.9 Å². The molecule has 2 rings (SSSR count). The summed E-state index contributed by atoms with van der Waals surface area (Å²) in [4.78, 5) is 0. The maximum Gasteiger partial charge on any atom is 0.137 e. The van der Waals surface area contributed by atoms with Gasteiger partial charge in [0.25, 0.3) is 0 Å². The van der Waals surface area contributed by atoms with Crippen LogP contribution in [-0.4, -0.2) is 18.3 Å². The summed E-state index contributed by atoms with van der Waals surface area (Å²) in [6, 6.07) is 7.48. The van der Waals surface area contributed by atoms with Crippen LogP contribution in [0.3, 0.4) is 0 Å². The lowest BCUT2D eigenvalue weighted by atomic mass is 10.2. The van der Waals surface area contributed by atoms with Crippen molar-refractivity contribution in [2.45, 2.75) is 0 Å². The predicted molar refractivity (Wildman–Crippen MR) is 48.8 cm³/mol. The van der Waals surface area contributed by atoms with Crippen molar-refractivity contribution in [2.75, 3.05) is 13.2 Å². The third-order valence-corrected chi connectivity index (χ3v) is 1.79. The number of aliphatic hydroxyl groups excluding tert-OH is 1. The molecule has 0 atom stereocenters. The second-order valence-corrected chi connectivity index (χ2v) is 2.69. The van der Waals surface area contributed by atoms with Crippen molar-refractivity contribution in [1.82, 2.24) is 0 Å². The molecule has 0 fully saturated rings. The zero-order valence-electron chi connectivity index (χ0n) is 7.06. The Bertz CT molecular complexity index is 392. The maximum absolute atomic E-state index is 8.55. The number of ether oxygens (including phenoxy) is 1. The van der Waals surface area contributed by atoms with Crippen LogP contribution in [0.1, 0.15) is 0 Å². The average molecular weight is 178 g/mol. The highest BCUT2D eigenvalue weighted by Gasteiger charge is 1.98. The lowest BCUT2D eigenvalue weighted by molar-refractivity contribution is 0.201. The van der Waals surface area contributed by atoms with Crippen molar-refractivity contribution < 1.29 is 14.3 Å². The number of hydrogen-bond acceptors (Lipinski definition) is 3. The summed E-state index contributed by atoms with van der Waals surface area (Å²) in [6.07, 6.45) is 1.64. The molecule has 1 aromatic carbocycles. The number of furan rings is 1. The van der Waals surface area contributed by atoms with Gasteiger partial charge in [-0.3, -0.25) is 0 Å². The molecule has 3 heteroatoms. The molecule has 13 heavy (non-hydrogen) atoms. The topological polar surface area (TPSA) is 42.6 Å². The second-order valence-electron chi connectivity index (χ2n) is 2.69. The average Bonchev–Trinajstić information content (AvgIpc) is 2.61. The Hall–Kier alpha value is -1.48. The van der Waals surface area contributed by atoms with Crippen molar-refractivity contribution >= 4 is 11.0 Å². The minimum absolute atomic E-state index is 0.0240. The van der Waals surface area contributed by atoms with Crippen molar-refractivity contribution in [3.63, 3.8) is 0 Å². The van der Waals surface area contributed by atoms with Gasteiger partial charge in [0.15, 0.2) is 0 Å². The van der Waals surface area contributed by atoms with Crippen LogP contribution in [0.25, 0.3) is 11.0 Å². The zero-order chi connectivity index (χ0) is 9.10. The molecule has 0 aliphatic rings. The van der Waals surface area contributed by atoms with E-state index in [1.165, 1.54) is 0 Å². The first-order valence-corrected chi connectivity index (χ1v) is 4.11. The normalized spacial score (nSPS) is 10.5. The molecule has 0 saturated carbocycles. The van der Waals surface area contributed by atoms with Gasteiger partial charge in [0.2, 0.25) is 0 Å². The van der Waals surface area contributed by atoms with E-state index in [4.69, 9.17) is 14.3 Å². The summed E-state index contributed by atoms with van der Waals surface area (Å²) in [6.45, 7) is 0.336. The van der Waals surface area contributed by atoms with Crippen LogP contribution in [0, 0.1) is 0 Å². The molecule has 0 spiro atoms. The van der Waals surface area contributed by atoms with Crippen LogP contribution >= 0.6 is 0 Å². The standard InChI is InChI=1S/C10H10O3/c11-4-6-12-9-2-1-8-3-5-13-10(8)7-9/h1-3,5,7,11H,4,6H2. The summed E-state index contributed by atoms with van der Waals surface area (Å²) in [5.41, 5.74) is 0.801. The molecule has 0 aliphatic heterocycles. The summed E-state index contributed by atoms with van der Waals surface area (Å²) >= 11 is 0. The molecular weight excluding hydrogens is 168 g/mol. The Balaban J connectivity index is 2.26. The van der Waals surface area contributed by atoms with Crippen LogP contribution in [0.2, 0.25) is 0 Å². The number of rotatable bonds is 3. The highest BCUT2D eigenvalue weighted by Crippen LogP contribution is 2.21. The number of fused-ring (bicyclic) bond motifs is 1. The molecule has 2 aromatic rings. The lowest BCUT2D eigenvalue weighted by Gasteiger charge is -2.02. The minimum atomic E-state index is 0.0240. The SMILES string of the molecule is OCCOc1ccc2ccoc2c1. The molecule has 3 nitrogen and oxygen atoms in total. The van der Waals surface area contributed by atoms with Crippen LogP contribution < -0.4 is 4.74 Å². The molecule has 1 N–H and O–H groups in total. The summed E-state index contributed by atoms with van der Waals surface area (Å²) in [7, 11) is 0. The second kappa shape index (κ2) is 3.49. The molecule has 0 saturated heterocycles. The van der Waals surface area contributed by atoms with Crippen LogP contribution in [-0.2, 0) is 0 Å². The van der Waals surface area contributed by atoms with Gasteiger partial charge in [-0.15, -0.1) is 0 Å². The zero-order valence-corrected chi connectivity index (χ0v) is 7.06. The maximum atomic E-state index is 8.55. The Morgan fingerprint density at radius 1 is 1.31 bits per heavy atom. The molecule has 1 heterocycles.